The van der Waals surface area contributed by atoms with Gasteiger partial charge in [0.05, 0.1) is 6.04 Å². The number of para-hydroxylation sites is 1. The highest BCUT2D eigenvalue weighted by Crippen LogP contribution is 2.42. The van der Waals surface area contributed by atoms with Crippen molar-refractivity contribution in [1.29, 1.82) is 0 Å². The number of nitrogens with one attached hydrogen (secondary N) is 1. The van der Waals surface area contributed by atoms with Gasteiger partial charge in [-0.2, -0.15) is 0 Å². The van der Waals surface area contributed by atoms with Crippen LogP contribution in [-0.4, -0.2) is 24.4 Å². The van der Waals surface area contributed by atoms with E-state index in [-0.39, 0.29) is 0 Å². The number of fused-ring (bicyclic) bond motifs is 3. The monoisotopic (exact) mass is 202 g/mol. The van der Waals surface area contributed by atoms with E-state index >= 15 is 0 Å². The molecular weight excluding hydrogens is 188 g/mol. The Kier molecular flexibility index (Phi) is 1.91. The predicted octanol–water partition coefficient (Wildman–Crippen LogP) is 1.63. The van der Waals surface area contributed by atoms with E-state index in [1.807, 2.05) is 17.0 Å². The van der Waals surface area contributed by atoms with Gasteiger partial charge in [0.15, 0.2) is 0 Å². The van der Waals surface area contributed by atoms with Crippen LogP contribution in [0.1, 0.15) is 18.0 Å². The Morgan fingerprint density at radius 1 is 1.40 bits per heavy atom. The third-order valence-electron chi connectivity index (χ3n) is 3.53. The van der Waals surface area contributed by atoms with Crippen LogP contribution in [0, 0.1) is 5.92 Å². The molecule has 78 valence electrons. The predicted molar refractivity (Wildman–Crippen MR) is 58.5 cm³/mol. The standard InChI is InChI=1S/C12H14N2O/c15-8-14-6-5-9-7-13-11-4-2-1-3-10(11)12(9)14/h1-4,8-9,12-13H,5-7H2/t9-,12?/m1/s1. The van der Waals surface area contributed by atoms with Crippen molar-refractivity contribution >= 4 is 12.1 Å². The Bertz CT molecular complexity index is 391. The number of hydrogen-bond acceptors (Lipinski definition) is 2. The molecule has 1 aromatic carbocycles. The van der Waals surface area contributed by atoms with Crippen LogP contribution < -0.4 is 5.32 Å². The SMILES string of the molecule is O=CN1CC[C@@H]2CNc3ccccc3C21. The van der Waals surface area contributed by atoms with Crippen molar-refractivity contribution in [2.24, 2.45) is 5.92 Å². The topological polar surface area (TPSA) is 32.3 Å². The lowest BCUT2D eigenvalue weighted by atomic mass is 9.89. The minimum atomic E-state index is 0.306. The molecule has 0 radical (unpaired) electrons. The van der Waals surface area contributed by atoms with Crippen molar-refractivity contribution in [2.75, 3.05) is 18.4 Å². The van der Waals surface area contributed by atoms with Gasteiger partial charge in [-0.1, -0.05) is 18.2 Å². The number of amides is 1. The fourth-order valence-corrected chi connectivity index (χ4v) is 2.80. The molecule has 15 heavy (non-hydrogen) atoms. The summed E-state index contributed by atoms with van der Waals surface area (Å²) in [4.78, 5) is 12.9. The van der Waals surface area contributed by atoms with Gasteiger partial charge >= 0.3 is 0 Å². The number of anilines is 1. The smallest absolute Gasteiger partial charge is 0.210 e. The molecule has 1 aromatic rings. The number of benzene rings is 1. The molecule has 3 heteroatoms. The lowest BCUT2D eigenvalue weighted by molar-refractivity contribution is -0.119. The summed E-state index contributed by atoms with van der Waals surface area (Å²) < 4.78 is 0. The van der Waals surface area contributed by atoms with Crippen LogP contribution in [0.2, 0.25) is 0 Å². The molecule has 2 atom stereocenters. The van der Waals surface area contributed by atoms with Gasteiger partial charge in [0.25, 0.3) is 0 Å². The summed E-state index contributed by atoms with van der Waals surface area (Å²) in [6.07, 6.45) is 2.11. The molecule has 3 rings (SSSR count). The Labute approximate surface area is 89.1 Å². The molecule has 1 saturated heterocycles. The number of carbonyl (C=O) groups excluding carboxylic acids is 1. The largest absolute Gasteiger partial charge is 0.384 e. The van der Waals surface area contributed by atoms with Crippen molar-refractivity contribution in [3.8, 4) is 0 Å². The summed E-state index contributed by atoms with van der Waals surface area (Å²) in [7, 11) is 0. The van der Waals surface area contributed by atoms with Gasteiger partial charge in [0.2, 0.25) is 6.41 Å². The zero-order valence-corrected chi connectivity index (χ0v) is 8.52. The lowest BCUT2D eigenvalue weighted by Crippen LogP contribution is -2.31. The second-order valence-electron chi connectivity index (χ2n) is 4.30. The summed E-state index contributed by atoms with van der Waals surface area (Å²) >= 11 is 0. The molecule has 0 spiro atoms. The molecule has 1 amide bonds. The maximum atomic E-state index is 11.0. The fourth-order valence-electron chi connectivity index (χ4n) is 2.80. The van der Waals surface area contributed by atoms with E-state index in [2.05, 4.69) is 17.4 Å². The summed E-state index contributed by atoms with van der Waals surface area (Å²) in [5.41, 5.74) is 2.46. The van der Waals surface area contributed by atoms with E-state index < -0.39 is 0 Å². The molecule has 2 heterocycles. The van der Waals surface area contributed by atoms with Gasteiger partial charge in [0.1, 0.15) is 0 Å². The quantitative estimate of drug-likeness (QED) is 0.702. The molecule has 0 bridgehead atoms. The third-order valence-corrected chi connectivity index (χ3v) is 3.53. The van der Waals surface area contributed by atoms with E-state index in [1.54, 1.807) is 0 Å². The Morgan fingerprint density at radius 3 is 3.13 bits per heavy atom. The normalized spacial score (nSPS) is 27.9. The van der Waals surface area contributed by atoms with E-state index in [1.165, 1.54) is 11.3 Å². The molecule has 2 aliphatic rings. The molecule has 1 fully saturated rings. The van der Waals surface area contributed by atoms with Gasteiger partial charge in [-0.05, 0) is 18.1 Å². The van der Waals surface area contributed by atoms with Crippen LogP contribution >= 0.6 is 0 Å². The minimum absolute atomic E-state index is 0.306. The minimum Gasteiger partial charge on any atom is -0.384 e. The lowest BCUT2D eigenvalue weighted by Gasteiger charge is -2.32. The maximum absolute atomic E-state index is 11.0. The zero-order chi connectivity index (χ0) is 10.3. The average Bonchev–Trinajstić information content (AvgIpc) is 2.72. The first-order valence-corrected chi connectivity index (χ1v) is 5.44. The third kappa shape index (κ3) is 1.23. The van der Waals surface area contributed by atoms with Gasteiger partial charge in [-0.25, -0.2) is 0 Å². The maximum Gasteiger partial charge on any atom is 0.210 e. The molecule has 0 aromatic heterocycles. The molecule has 1 unspecified atom stereocenters. The van der Waals surface area contributed by atoms with Crippen LogP contribution in [0.4, 0.5) is 5.69 Å². The fraction of sp³-hybridized carbons (Fsp3) is 0.417. The first-order valence-electron chi connectivity index (χ1n) is 5.44. The first-order chi connectivity index (χ1) is 7.40. The second kappa shape index (κ2) is 3.26. The molecule has 3 nitrogen and oxygen atoms in total. The molecule has 2 aliphatic heterocycles. The highest BCUT2D eigenvalue weighted by molar-refractivity contribution is 5.59. The van der Waals surface area contributed by atoms with Crippen molar-refractivity contribution in [1.82, 2.24) is 4.90 Å². The van der Waals surface area contributed by atoms with Crippen LogP contribution in [0.25, 0.3) is 0 Å². The summed E-state index contributed by atoms with van der Waals surface area (Å²) in [5.74, 6) is 0.588. The number of rotatable bonds is 1. The van der Waals surface area contributed by atoms with Gasteiger partial charge in [-0.15, -0.1) is 0 Å². The Hall–Kier alpha value is -1.51. The number of hydrogen-bond donors (Lipinski definition) is 1. The van der Waals surface area contributed by atoms with E-state index in [0.717, 1.165) is 25.9 Å². The van der Waals surface area contributed by atoms with E-state index in [9.17, 15) is 4.79 Å². The van der Waals surface area contributed by atoms with Crippen molar-refractivity contribution < 1.29 is 4.79 Å². The van der Waals surface area contributed by atoms with Crippen LogP contribution in [0.3, 0.4) is 0 Å². The van der Waals surface area contributed by atoms with Crippen LogP contribution in [0.5, 0.6) is 0 Å². The van der Waals surface area contributed by atoms with Crippen molar-refractivity contribution in [3.63, 3.8) is 0 Å². The summed E-state index contributed by atoms with van der Waals surface area (Å²) in [6.45, 7) is 1.89. The van der Waals surface area contributed by atoms with E-state index in [4.69, 9.17) is 0 Å². The van der Waals surface area contributed by atoms with E-state index in [0.29, 0.717) is 12.0 Å². The molecular formula is C12H14N2O. The highest BCUT2D eigenvalue weighted by atomic mass is 16.1. The Morgan fingerprint density at radius 2 is 2.27 bits per heavy atom. The second-order valence-corrected chi connectivity index (χ2v) is 4.30. The first kappa shape index (κ1) is 8.77. The molecule has 0 aliphatic carbocycles. The molecule has 1 N–H and O–H groups in total. The summed E-state index contributed by atoms with van der Waals surface area (Å²) in [6, 6.07) is 8.60. The Balaban J connectivity index is 2.05. The number of likely N-dealkylation sites (tertiary alicyclic amines) is 1. The zero-order valence-electron chi connectivity index (χ0n) is 8.52. The summed E-state index contributed by atoms with van der Waals surface area (Å²) in [5, 5.41) is 3.44. The number of nitrogens with zero attached hydrogens (tertiary/aromatic N) is 1. The van der Waals surface area contributed by atoms with Gasteiger partial charge < -0.3 is 10.2 Å². The molecule has 0 saturated carbocycles. The van der Waals surface area contributed by atoms with Crippen molar-refractivity contribution in [3.05, 3.63) is 29.8 Å². The number of carbonyl (C=O) groups is 1. The van der Waals surface area contributed by atoms with Crippen LogP contribution in [0.15, 0.2) is 24.3 Å². The van der Waals surface area contributed by atoms with Crippen molar-refractivity contribution in [2.45, 2.75) is 12.5 Å². The average molecular weight is 202 g/mol. The van der Waals surface area contributed by atoms with Gasteiger partial charge in [0, 0.05) is 24.7 Å². The van der Waals surface area contributed by atoms with Crippen LogP contribution in [-0.2, 0) is 4.79 Å². The highest BCUT2D eigenvalue weighted by Gasteiger charge is 2.37. The van der Waals surface area contributed by atoms with Gasteiger partial charge in [-0.3, -0.25) is 4.79 Å².